The van der Waals surface area contributed by atoms with Gasteiger partial charge < -0.3 is 5.95 Å². The van der Waals surface area contributed by atoms with Crippen LogP contribution in [0.5, 0.6) is 5.75 Å². The molecule has 0 bridgehead atoms. The van der Waals surface area contributed by atoms with Gasteiger partial charge in [-0.3, -0.25) is 9.79 Å². The van der Waals surface area contributed by atoms with Crippen LogP contribution in [0.3, 0.4) is 0 Å². The van der Waals surface area contributed by atoms with Crippen LogP contribution >= 0.6 is 7.82 Å². The minimum atomic E-state index is -4.60. The molecule has 2 aromatic rings. The van der Waals surface area contributed by atoms with Crippen LogP contribution in [0.4, 0.5) is 0 Å². The fourth-order valence-corrected chi connectivity index (χ4v) is 3.15. The van der Waals surface area contributed by atoms with E-state index in [2.05, 4.69) is 26.0 Å². The maximum Gasteiger partial charge on any atom is 1.00 e. The Morgan fingerprint density at radius 2 is 1.48 bits per heavy atom. The van der Waals surface area contributed by atoms with Crippen LogP contribution in [0, 0.1) is 0 Å². The van der Waals surface area contributed by atoms with Crippen LogP contribution in [0.25, 0.3) is 0 Å². The van der Waals surface area contributed by atoms with E-state index in [0.717, 1.165) is 11.1 Å². The fourth-order valence-electron chi connectivity index (χ4n) is 2.73. The van der Waals surface area contributed by atoms with E-state index in [9.17, 15) is 4.57 Å². The van der Waals surface area contributed by atoms with Crippen molar-refractivity contribution in [3.63, 3.8) is 0 Å². The van der Waals surface area contributed by atoms with Crippen molar-refractivity contribution in [2.45, 2.75) is 45.4 Å². The molecule has 25 heavy (non-hydrogen) atoms. The van der Waals surface area contributed by atoms with Crippen molar-refractivity contribution in [1.82, 2.24) is 0 Å². The third kappa shape index (κ3) is 5.68. The summed E-state index contributed by atoms with van der Waals surface area (Å²) in [4.78, 5) is 18.3. The summed E-state index contributed by atoms with van der Waals surface area (Å²) in [5.74, 6) is 0.225. The molecule has 0 spiro atoms. The van der Waals surface area contributed by atoms with Crippen molar-refractivity contribution in [3.05, 3.63) is 65.2 Å². The van der Waals surface area contributed by atoms with E-state index in [1.165, 1.54) is 5.56 Å². The molecule has 0 atom stereocenters. The molecule has 0 aliphatic heterocycles. The van der Waals surface area contributed by atoms with E-state index in [-0.39, 0.29) is 47.6 Å². The molecule has 132 valence electrons. The molecule has 0 unspecified atom stereocenters. The molecule has 2 N–H and O–H groups in total. The van der Waals surface area contributed by atoms with Crippen LogP contribution in [-0.2, 0) is 15.4 Å². The topological polar surface area (TPSA) is 66.8 Å². The van der Waals surface area contributed by atoms with Crippen LogP contribution in [0.1, 0.15) is 52.7 Å². The van der Waals surface area contributed by atoms with Crippen molar-refractivity contribution in [2.75, 3.05) is 0 Å². The van der Waals surface area contributed by atoms with Gasteiger partial charge in [-0.15, -0.1) is 0 Å². The largest absolute Gasteiger partial charge is 1.00 e. The molecule has 0 aromatic heterocycles. The first kappa shape index (κ1) is 22.4. The summed E-state index contributed by atoms with van der Waals surface area (Å²) in [6.07, 6.45) is 0. The Morgan fingerprint density at radius 3 is 1.96 bits per heavy atom. The van der Waals surface area contributed by atoms with Gasteiger partial charge in [-0.1, -0.05) is 77.1 Å². The first-order valence-corrected chi connectivity index (χ1v) is 9.40. The van der Waals surface area contributed by atoms with Gasteiger partial charge in [-0.2, -0.15) is 0 Å². The summed E-state index contributed by atoms with van der Waals surface area (Å²) >= 11 is 0. The summed E-state index contributed by atoms with van der Waals surface area (Å²) in [7, 11) is -4.60. The van der Waals surface area contributed by atoms with E-state index < -0.39 is 7.82 Å². The van der Waals surface area contributed by atoms with E-state index in [0.29, 0.717) is 0 Å². The molecule has 0 saturated heterocycles. The van der Waals surface area contributed by atoms with Gasteiger partial charge in [0.1, 0.15) is 5.75 Å². The van der Waals surface area contributed by atoms with Crippen LogP contribution < -0.4 is 34.1 Å². The Balaban J connectivity index is 0.00000312. The monoisotopic (exact) mass is 372 g/mol. The Hall–Kier alpha value is -0.610. The molecular formula is C19H26NaO4P. The van der Waals surface area contributed by atoms with Gasteiger partial charge in [-0.25, -0.2) is 4.57 Å². The average molecular weight is 372 g/mol. The Kier molecular flexibility index (Phi) is 7.14. The van der Waals surface area contributed by atoms with E-state index in [1.54, 1.807) is 6.07 Å². The molecule has 0 aliphatic carbocycles. The Morgan fingerprint density at radius 1 is 0.920 bits per heavy atom. The molecule has 4 nitrogen and oxygen atoms in total. The zero-order valence-electron chi connectivity index (χ0n) is 16.8. The molecular weight excluding hydrogens is 346 g/mol. The molecule has 0 aliphatic rings. The van der Waals surface area contributed by atoms with E-state index in [1.807, 2.05) is 51.1 Å². The van der Waals surface area contributed by atoms with Gasteiger partial charge >= 0.3 is 37.4 Å². The number of phosphoric acid groups is 1. The zero-order chi connectivity index (χ0) is 18.2. The van der Waals surface area contributed by atoms with Crippen LogP contribution in [0.2, 0.25) is 0 Å². The van der Waals surface area contributed by atoms with Gasteiger partial charge in [0.25, 0.3) is 0 Å². The summed E-state index contributed by atoms with van der Waals surface area (Å²) in [5, 5.41) is 0. The normalized spacial score (nSPS) is 12.4. The Labute approximate surface area is 173 Å². The predicted molar refractivity (Wildman–Crippen MR) is 97.5 cm³/mol. The Bertz CT molecular complexity index is 767. The van der Waals surface area contributed by atoms with Gasteiger partial charge in [0.2, 0.25) is 0 Å². The predicted octanol–water partition coefficient (Wildman–Crippen LogP) is 1.90. The summed E-state index contributed by atoms with van der Waals surface area (Å²) < 4.78 is 16.2. The quantitative estimate of drug-likeness (QED) is 0.636. The van der Waals surface area contributed by atoms with Crippen molar-refractivity contribution in [3.8, 4) is 5.75 Å². The number of phosphoric ester groups is 1. The second-order valence-electron chi connectivity index (χ2n) is 7.53. The van der Waals surface area contributed by atoms with Gasteiger partial charge in [0.15, 0.2) is 0 Å². The van der Waals surface area contributed by atoms with Gasteiger partial charge in [0.05, 0.1) is 0 Å². The van der Waals surface area contributed by atoms with Gasteiger partial charge in [-0.05, 0) is 22.6 Å². The van der Waals surface area contributed by atoms with E-state index in [4.69, 9.17) is 14.3 Å². The van der Waals surface area contributed by atoms with Crippen LogP contribution in [0.15, 0.2) is 48.5 Å². The minimum Gasteiger partial charge on any atom is -1.00 e. The molecule has 0 amide bonds. The third-order valence-electron chi connectivity index (χ3n) is 4.22. The summed E-state index contributed by atoms with van der Waals surface area (Å²) in [5.41, 5.74) is 2.47. The zero-order valence-corrected chi connectivity index (χ0v) is 18.7. The standard InChI is InChI=1S/C19H25O4P.Na.H/c1-18(2,3)16-13-15(11-12-17(16)23-24(20,21)22)19(4,5)14-9-7-6-8-10-14;;/h6-13H,1-5H3,(H2,20,21,22);;/q;+1;-1. The third-order valence-corrected chi connectivity index (χ3v) is 4.66. The number of hydrogen-bond acceptors (Lipinski definition) is 2. The second-order valence-corrected chi connectivity index (χ2v) is 8.70. The maximum absolute atomic E-state index is 11.3. The van der Waals surface area contributed by atoms with Crippen molar-refractivity contribution in [2.24, 2.45) is 0 Å². The first-order chi connectivity index (χ1) is 10.9. The molecule has 0 radical (unpaired) electrons. The smallest absolute Gasteiger partial charge is 1.00 e. The number of hydrogen-bond donors (Lipinski definition) is 2. The van der Waals surface area contributed by atoms with Crippen molar-refractivity contribution < 1.29 is 49.9 Å². The van der Waals surface area contributed by atoms with Crippen molar-refractivity contribution >= 4 is 7.82 Å². The SMILES string of the molecule is CC(C)(C)c1cc(C(C)(C)c2ccccc2)ccc1OP(=O)(O)O.[H-].[Na+]. The van der Waals surface area contributed by atoms with E-state index >= 15 is 0 Å². The first-order valence-electron chi connectivity index (χ1n) is 7.87. The summed E-state index contributed by atoms with van der Waals surface area (Å²) in [6.45, 7) is 10.2. The second kappa shape index (κ2) is 7.96. The number of rotatable bonds is 4. The van der Waals surface area contributed by atoms with Crippen molar-refractivity contribution in [1.29, 1.82) is 0 Å². The molecule has 0 saturated carbocycles. The molecule has 0 heterocycles. The molecule has 2 aromatic carbocycles. The molecule has 6 heteroatoms. The number of benzene rings is 2. The molecule has 2 rings (SSSR count). The van der Waals surface area contributed by atoms with Crippen LogP contribution in [-0.4, -0.2) is 9.79 Å². The molecule has 0 fully saturated rings. The maximum atomic E-state index is 11.3. The summed E-state index contributed by atoms with van der Waals surface area (Å²) in [6, 6.07) is 15.7. The minimum absolute atomic E-state index is 0. The fraction of sp³-hybridized carbons (Fsp3) is 0.368. The van der Waals surface area contributed by atoms with Gasteiger partial charge in [0, 0.05) is 11.0 Å². The average Bonchev–Trinajstić information content (AvgIpc) is 2.45.